The van der Waals surface area contributed by atoms with Gasteiger partial charge in [0.1, 0.15) is 0 Å². The van der Waals surface area contributed by atoms with Gasteiger partial charge in [0, 0.05) is 19.8 Å². The molecule has 0 unspecified atom stereocenters. The molecule has 66 valence electrons. The van der Waals surface area contributed by atoms with E-state index in [9.17, 15) is 0 Å². The van der Waals surface area contributed by atoms with Crippen molar-refractivity contribution in [1.82, 2.24) is 4.98 Å². The van der Waals surface area contributed by atoms with E-state index in [2.05, 4.69) is 4.98 Å². The second kappa shape index (κ2) is 3.43. The fourth-order valence-electron chi connectivity index (χ4n) is 1.04. The van der Waals surface area contributed by atoms with E-state index in [0.29, 0.717) is 0 Å². The van der Waals surface area contributed by atoms with Crippen molar-refractivity contribution in [3.8, 4) is 5.75 Å². The Balaban J connectivity index is 3.12. The number of aromatic nitrogens is 1. The van der Waals surface area contributed by atoms with Crippen LogP contribution < -0.4 is 9.64 Å². The molecular formula is C9H14N2O. The van der Waals surface area contributed by atoms with Crippen LogP contribution >= 0.6 is 0 Å². The Hall–Kier alpha value is -1.25. The van der Waals surface area contributed by atoms with Gasteiger partial charge in [0.05, 0.1) is 19.0 Å². The maximum absolute atomic E-state index is 5.16. The summed E-state index contributed by atoms with van der Waals surface area (Å²) in [6, 6.07) is 2.00. The zero-order valence-corrected chi connectivity index (χ0v) is 7.96. The molecule has 1 rings (SSSR count). The van der Waals surface area contributed by atoms with E-state index in [1.807, 2.05) is 32.0 Å². The molecule has 0 saturated heterocycles. The van der Waals surface area contributed by atoms with E-state index in [1.165, 1.54) is 0 Å². The summed E-state index contributed by atoms with van der Waals surface area (Å²) in [6.45, 7) is 1.96. The summed E-state index contributed by atoms with van der Waals surface area (Å²) in [4.78, 5) is 6.15. The first-order chi connectivity index (χ1) is 5.65. The zero-order valence-electron chi connectivity index (χ0n) is 7.96. The van der Waals surface area contributed by atoms with Gasteiger partial charge in [-0.15, -0.1) is 0 Å². The number of methoxy groups -OCH3 is 1. The van der Waals surface area contributed by atoms with Crippen LogP contribution in [0.5, 0.6) is 5.75 Å². The molecule has 3 nitrogen and oxygen atoms in total. The molecule has 0 saturated carbocycles. The summed E-state index contributed by atoms with van der Waals surface area (Å²) in [5.74, 6) is 0.811. The van der Waals surface area contributed by atoms with E-state index in [1.54, 1.807) is 13.3 Å². The molecule has 0 radical (unpaired) electrons. The SMILES string of the molecule is COc1cnc(C)cc1N(C)C. The highest BCUT2D eigenvalue weighted by atomic mass is 16.5. The highest BCUT2D eigenvalue weighted by molar-refractivity contribution is 5.56. The largest absolute Gasteiger partial charge is 0.493 e. The predicted octanol–water partition coefficient (Wildman–Crippen LogP) is 1.46. The third-order valence-electron chi connectivity index (χ3n) is 1.69. The minimum absolute atomic E-state index is 0.811. The Kier molecular flexibility index (Phi) is 2.53. The number of anilines is 1. The topological polar surface area (TPSA) is 25.4 Å². The lowest BCUT2D eigenvalue weighted by Gasteiger charge is -2.16. The Morgan fingerprint density at radius 3 is 2.58 bits per heavy atom. The number of rotatable bonds is 2. The van der Waals surface area contributed by atoms with Gasteiger partial charge < -0.3 is 9.64 Å². The molecule has 0 amide bonds. The standard InChI is InChI=1S/C9H14N2O/c1-7-5-8(11(2)3)9(12-4)6-10-7/h5-6H,1-4H3. The van der Waals surface area contributed by atoms with E-state index in [-0.39, 0.29) is 0 Å². The van der Waals surface area contributed by atoms with Crippen LogP contribution in [-0.2, 0) is 0 Å². The second-order valence-corrected chi connectivity index (χ2v) is 2.89. The maximum atomic E-state index is 5.16. The van der Waals surface area contributed by atoms with Gasteiger partial charge in [0.15, 0.2) is 5.75 Å². The minimum Gasteiger partial charge on any atom is -0.493 e. The van der Waals surface area contributed by atoms with Crippen molar-refractivity contribution >= 4 is 5.69 Å². The summed E-state index contributed by atoms with van der Waals surface area (Å²) in [7, 11) is 5.62. The Morgan fingerprint density at radius 1 is 1.42 bits per heavy atom. The molecule has 0 aromatic carbocycles. The van der Waals surface area contributed by atoms with Gasteiger partial charge in [-0.3, -0.25) is 4.98 Å². The molecule has 1 aromatic rings. The maximum Gasteiger partial charge on any atom is 0.160 e. The second-order valence-electron chi connectivity index (χ2n) is 2.89. The average molecular weight is 166 g/mol. The minimum atomic E-state index is 0.811. The van der Waals surface area contributed by atoms with Crippen molar-refractivity contribution in [2.75, 3.05) is 26.1 Å². The molecule has 1 aromatic heterocycles. The molecular weight excluding hydrogens is 152 g/mol. The van der Waals surface area contributed by atoms with Crippen LogP contribution in [0, 0.1) is 6.92 Å². The van der Waals surface area contributed by atoms with Crippen molar-refractivity contribution in [2.45, 2.75) is 6.92 Å². The lowest BCUT2D eigenvalue weighted by molar-refractivity contribution is 0.413. The molecule has 0 aliphatic heterocycles. The monoisotopic (exact) mass is 166 g/mol. The summed E-state index contributed by atoms with van der Waals surface area (Å²) in [5, 5.41) is 0. The Labute approximate surface area is 73.0 Å². The van der Waals surface area contributed by atoms with Gasteiger partial charge in [-0.05, 0) is 13.0 Å². The van der Waals surface area contributed by atoms with Gasteiger partial charge in [-0.2, -0.15) is 0 Å². The first kappa shape index (κ1) is 8.84. The van der Waals surface area contributed by atoms with Crippen molar-refractivity contribution in [1.29, 1.82) is 0 Å². The van der Waals surface area contributed by atoms with Crippen LogP contribution in [-0.4, -0.2) is 26.2 Å². The number of nitrogens with zero attached hydrogens (tertiary/aromatic N) is 2. The summed E-state index contributed by atoms with van der Waals surface area (Å²) in [6.07, 6.45) is 1.74. The number of ether oxygens (including phenoxy) is 1. The molecule has 0 spiro atoms. The number of pyridine rings is 1. The summed E-state index contributed by atoms with van der Waals surface area (Å²) >= 11 is 0. The molecule has 1 heterocycles. The fraction of sp³-hybridized carbons (Fsp3) is 0.444. The third-order valence-corrected chi connectivity index (χ3v) is 1.69. The average Bonchev–Trinajstić information content (AvgIpc) is 2.04. The number of hydrogen-bond donors (Lipinski definition) is 0. The normalized spacial score (nSPS) is 9.67. The van der Waals surface area contributed by atoms with Gasteiger partial charge in [0.2, 0.25) is 0 Å². The number of hydrogen-bond acceptors (Lipinski definition) is 3. The van der Waals surface area contributed by atoms with Crippen LogP contribution in [0.1, 0.15) is 5.69 Å². The van der Waals surface area contributed by atoms with Crippen LogP contribution in [0.15, 0.2) is 12.3 Å². The molecule has 3 heteroatoms. The van der Waals surface area contributed by atoms with Crippen LogP contribution in [0.3, 0.4) is 0 Å². The first-order valence-electron chi connectivity index (χ1n) is 3.83. The highest BCUT2D eigenvalue weighted by Gasteiger charge is 2.04. The fourth-order valence-corrected chi connectivity index (χ4v) is 1.04. The molecule has 0 fully saturated rings. The van der Waals surface area contributed by atoms with Crippen molar-refractivity contribution in [2.24, 2.45) is 0 Å². The van der Waals surface area contributed by atoms with Gasteiger partial charge >= 0.3 is 0 Å². The van der Waals surface area contributed by atoms with E-state index in [4.69, 9.17) is 4.74 Å². The van der Waals surface area contributed by atoms with Gasteiger partial charge in [0.25, 0.3) is 0 Å². The molecule has 0 aliphatic carbocycles. The number of aryl methyl sites for hydroxylation is 1. The molecule has 0 atom stereocenters. The van der Waals surface area contributed by atoms with E-state index in [0.717, 1.165) is 17.1 Å². The lowest BCUT2D eigenvalue weighted by Crippen LogP contribution is -2.10. The third kappa shape index (κ3) is 1.67. The molecule has 0 N–H and O–H groups in total. The molecule has 0 aliphatic rings. The van der Waals surface area contributed by atoms with E-state index < -0.39 is 0 Å². The van der Waals surface area contributed by atoms with Crippen LogP contribution in [0.4, 0.5) is 5.69 Å². The zero-order chi connectivity index (χ0) is 9.14. The quantitative estimate of drug-likeness (QED) is 0.665. The molecule has 12 heavy (non-hydrogen) atoms. The Morgan fingerprint density at radius 2 is 2.08 bits per heavy atom. The van der Waals surface area contributed by atoms with Gasteiger partial charge in [-0.25, -0.2) is 0 Å². The highest BCUT2D eigenvalue weighted by Crippen LogP contribution is 2.25. The first-order valence-corrected chi connectivity index (χ1v) is 3.83. The van der Waals surface area contributed by atoms with Crippen molar-refractivity contribution in [3.63, 3.8) is 0 Å². The van der Waals surface area contributed by atoms with Gasteiger partial charge in [-0.1, -0.05) is 0 Å². The van der Waals surface area contributed by atoms with Crippen LogP contribution in [0.25, 0.3) is 0 Å². The van der Waals surface area contributed by atoms with Crippen molar-refractivity contribution in [3.05, 3.63) is 18.0 Å². The summed E-state index contributed by atoms with van der Waals surface area (Å²) < 4.78 is 5.16. The van der Waals surface area contributed by atoms with E-state index >= 15 is 0 Å². The van der Waals surface area contributed by atoms with Crippen LogP contribution in [0.2, 0.25) is 0 Å². The van der Waals surface area contributed by atoms with Crippen molar-refractivity contribution < 1.29 is 4.74 Å². The lowest BCUT2D eigenvalue weighted by atomic mass is 10.3. The summed E-state index contributed by atoms with van der Waals surface area (Å²) in [5.41, 5.74) is 2.06. The smallest absolute Gasteiger partial charge is 0.160 e. The Bertz CT molecular complexity index is 271. The predicted molar refractivity (Wildman–Crippen MR) is 49.9 cm³/mol. The molecule has 0 bridgehead atoms.